The molecule has 0 fully saturated rings. The first kappa shape index (κ1) is 10.6. The van der Waals surface area contributed by atoms with Gasteiger partial charge in [0.25, 0.3) is 0 Å². The minimum absolute atomic E-state index is 0.603. The lowest BCUT2D eigenvalue weighted by Gasteiger charge is -2.02. The summed E-state index contributed by atoms with van der Waals surface area (Å²) in [6.45, 7) is 5.07. The highest BCUT2D eigenvalue weighted by atomic mass is 16.1. The molecule has 0 bridgehead atoms. The van der Waals surface area contributed by atoms with E-state index in [2.05, 4.69) is 28.4 Å². The van der Waals surface area contributed by atoms with Gasteiger partial charge >= 0.3 is 0 Å². The van der Waals surface area contributed by atoms with Gasteiger partial charge in [-0.1, -0.05) is 6.92 Å². The van der Waals surface area contributed by atoms with E-state index in [1.54, 1.807) is 6.07 Å². The molecule has 4 heteroatoms. The molecule has 82 valence electrons. The fraction of sp³-hybridized carbons (Fsp3) is 0.333. The first-order valence-corrected chi connectivity index (χ1v) is 5.37. The van der Waals surface area contributed by atoms with Gasteiger partial charge in [-0.3, -0.25) is 0 Å². The van der Waals surface area contributed by atoms with Crippen molar-refractivity contribution in [2.24, 2.45) is 4.99 Å². The SMILES string of the molecule is CCc1nc2cc(N=C=O)ccc2n1CC. The molecule has 0 amide bonds. The van der Waals surface area contributed by atoms with Gasteiger partial charge in [0.05, 0.1) is 16.7 Å². The Hall–Kier alpha value is -1.93. The summed E-state index contributed by atoms with van der Waals surface area (Å²) in [5.41, 5.74) is 2.57. The first-order chi connectivity index (χ1) is 7.80. The topological polar surface area (TPSA) is 47.2 Å². The maximum atomic E-state index is 10.2. The summed E-state index contributed by atoms with van der Waals surface area (Å²) in [5.74, 6) is 1.06. The van der Waals surface area contributed by atoms with Crippen molar-refractivity contribution in [3.8, 4) is 0 Å². The summed E-state index contributed by atoms with van der Waals surface area (Å²) in [6, 6.07) is 5.56. The Morgan fingerprint density at radius 1 is 1.44 bits per heavy atom. The van der Waals surface area contributed by atoms with Crippen LogP contribution in [0.2, 0.25) is 0 Å². The molecule has 1 aromatic heterocycles. The monoisotopic (exact) mass is 215 g/mol. The molecule has 1 heterocycles. The Kier molecular flexibility index (Phi) is 2.84. The lowest BCUT2D eigenvalue weighted by Crippen LogP contribution is -1.99. The number of rotatable bonds is 3. The number of isocyanates is 1. The number of hydrogen-bond donors (Lipinski definition) is 0. The van der Waals surface area contributed by atoms with Gasteiger partial charge in [-0.2, -0.15) is 4.99 Å². The van der Waals surface area contributed by atoms with Crippen LogP contribution in [0.4, 0.5) is 5.69 Å². The molecule has 0 aliphatic rings. The Morgan fingerprint density at radius 2 is 2.25 bits per heavy atom. The van der Waals surface area contributed by atoms with Crippen molar-refractivity contribution in [1.29, 1.82) is 0 Å². The molecule has 16 heavy (non-hydrogen) atoms. The van der Waals surface area contributed by atoms with Crippen molar-refractivity contribution in [1.82, 2.24) is 9.55 Å². The minimum Gasteiger partial charge on any atom is -0.328 e. The fourth-order valence-electron chi connectivity index (χ4n) is 1.91. The van der Waals surface area contributed by atoms with E-state index in [0.717, 1.165) is 29.8 Å². The zero-order valence-corrected chi connectivity index (χ0v) is 9.40. The lowest BCUT2D eigenvalue weighted by molar-refractivity contribution is 0.565. The second kappa shape index (κ2) is 4.29. The summed E-state index contributed by atoms with van der Waals surface area (Å²) in [4.78, 5) is 18.3. The van der Waals surface area contributed by atoms with Crippen molar-refractivity contribution >= 4 is 22.8 Å². The van der Waals surface area contributed by atoms with Crippen LogP contribution in [0, 0.1) is 0 Å². The molecule has 0 radical (unpaired) electrons. The fourth-order valence-corrected chi connectivity index (χ4v) is 1.91. The molecular weight excluding hydrogens is 202 g/mol. The molecule has 0 atom stereocenters. The third-order valence-corrected chi connectivity index (χ3v) is 2.62. The molecule has 4 nitrogen and oxygen atoms in total. The van der Waals surface area contributed by atoms with Crippen molar-refractivity contribution in [2.45, 2.75) is 26.8 Å². The van der Waals surface area contributed by atoms with E-state index < -0.39 is 0 Å². The maximum absolute atomic E-state index is 10.2. The predicted molar refractivity (Wildman–Crippen MR) is 62.6 cm³/mol. The lowest BCUT2D eigenvalue weighted by atomic mass is 10.3. The molecule has 0 aliphatic carbocycles. The number of carbonyl (C=O) groups excluding carboxylic acids is 1. The quantitative estimate of drug-likeness (QED) is 0.583. The average molecular weight is 215 g/mol. The van der Waals surface area contributed by atoms with Crippen LogP contribution in [0.3, 0.4) is 0 Å². The van der Waals surface area contributed by atoms with Gasteiger partial charge in [0.15, 0.2) is 0 Å². The van der Waals surface area contributed by atoms with Crippen molar-refractivity contribution in [3.05, 3.63) is 24.0 Å². The highest BCUT2D eigenvalue weighted by molar-refractivity contribution is 5.80. The molecule has 1 aromatic carbocycles. The third kappa shape index (κ3) is 1.64. The second-order valence-corrected chi connectivity index (χ2v) is 3.50. The summed E-state index contributed by atoms with van der Waals surface area (Å²) in [6.07, 6.45) is 2.44. The number of fused-ring (bicyclic) bond motifs is 1. The van der Waals surface area contributed by atoms with Crippen LogP contribution in [0.1, 0.15) is 19.7 Å². The van der Waals surface area contributed by atoms with Gasteiger partial charge < -0.3 is 4.57 Å². The summed E-state index contributed by atoms with van der Waals surface area (Å²) in [5, 5.41) is 0. The highest BCUT2D eigenvalue weighted by Gasteiger charge is 2.07. The molecule has 0 saturated carbocycles. The number of benzene rings is 1. The predicted octanol–water partition coefficient (Wildman–Crippen LogP) is 2.59. The van der Waals surface area contributed by atoms with E-state index in [1.165, 1.54) is 6.08 Å². The van der Waals surface area contributed by atoms with Gasteiger partial charge in [0.1, 0.15) is 5.82 Å². The normalized spacial score (nSPS) is 10.4. The Labute approximate surface area is 93.6 Å². The Bertz CT molecular complexity index is 565. The van der Waals surface area contributed by atoms with Gasteiger partial charge in [0, 0.05) is 13.0 Å². The number of nitrogens with zero attached hydrogens (tertiary/aromatic N) is 3. The van der Waals surface area contributed by atoms with Crippen LogP contribution in [0.5, 0.6) is 0 Å². The van der Waals surface area contributed by atoms with Gasteiger partial charge in [-0.05, 0) is 25.1 Å². The number of imidazole rings is 1. The second-order valence-electron chi connectivity index (χ2n) is 3.50. The Morgan fingerprint density at radius 3 is 2.88 bits per heavy atom. The molecule has 0 saturated heterocycles. The third-order valence-electron chi connectivity index (χ3n) is 2.62. The largest absolute Gasteiger partial charge is 0.328 e. The van der Waals surface area contributed by atoms with Crippen LogP contribution < -0.4 is 0 Å². The van der Waals surface area contributed by atoms with Gasteiger partial charge in [-0.15, -0.1) is 0 Å². The van der Waals surface area contributed by atoms with E-state index >= 15 is 0 Å². The highest BCUT2D eigenvalue weighted by Crippen LogP contribution is 2.22. The maximum Gasteiger partial charge on any atom is 0.240 e. The summed E-state index contributed by atoms with van der Waals surface area (Å²) < 4.78 is 2.17. The zero-order valence-electron chi connectivity index (χ0n) is 9.40. The zero-order chi connectivity index (χ0) is 11.5. The smallest absolute Gasteiger partial charge is 0.240 e. The van der Waals surface area contributed by atoms with Gasteiger partial charge in [0.2, 0.25) is 6.08 Å². The van der Waals surface area contributed by atoms with E-state index in [-0.39, 0.29) is 0 Å². The Balaban J connectivity index is 2.67. The standard InChI is InChI=1S/C12H13N3O/c1-3-12-14-10-7-9(13-8-16)5-6-11(10)15(12)4-2/h5-7H,3-4H2,1-2H3. The van der Waals surface area contributed by atoms with Gasteiger partial charge in [-0.25, -0.2) is 9.78 Å². The molecule has 2 rings (SSSR count). The van der Waals surface area contributed by atoms with Crippen molar-refractivity contribution in [2.75, 3.05) is 0 Å². The van der Waals surface area contributed by atoms with Crippen LogP contribution in [-0.4, -0.2) is 15.6 Å². The average Bonchev–Trinajstić information content (AvgIpc) is 2.66. The molecule has 0 aliphatic heterocycles. The van der Waals surface area contributed by atoms with Crippen molar-refractivity contribution < 1.29 is 4.79 Å². The number of aromatic nitrogens is 2. The molecule has 0 unspecified atom stereocenters. The minimum atomic E-state index is 0.603. The van der Waals surface area contributed by atoms with Crippen LogP contribution in [-0.2, 0) is 17.8 Å². The summed E-state index contributed by atoms with van der Waals surface area (Å²) >= 11 is 0. The number of aryl methyl sites for hydroxylation is 2. The van der Waals surface area contributed by atoms with E-state index in [1.807, 2.05) is 12.1 Å². The van der Waals surface area contributed by atoms with E-state index in [4.69, 9.17) is 0 Å². The molecule has 0 N–H and O–H groups in total. The first-order valence-electron chi connectivity index (χ1n) is 5.37. The number of aliphatic imine (C=N–C) groups is 1. The number of hydrogen-bond acceptors (Lipinski definition) is 3. The molecule has 0 spiro atoms. The van der Waals surface area contributed by atoms with E-state index in [0.29, 0.717) is 5.69 Å². The van der Waals surface area contributed by atoms with Crippen LogP contribution in [0.25, 0.3) is 11.0 Å². The van der Waals surface area contributed by atoms with Crippen molar-refractivity contribution in [3.63, 3.8) is 0 Å². The molecular formula is C12H13N3O. The van der Waals surface area contributed by atoms with Crippen LogP contribution >= 0.6 is 0 Å². The molecule has 2 aromatic rings. The van der Waals surface area contributed by atoms with E-state index in [9.17, 15) is 4.79 Å². The van der Waals surface area contributed by atoms with Crippen LogP contribution in [0.15, 0.2) is 23.2 Å². The summed E-state index contributed by atoms with van der Waals surface area (Å²) in [7, 11) is 0.